The normalized spacial score (nSPS) is 34.7. The van der Waals surface area contributed by atoms with Gasteiger partial charge in [-0.25, -0.2) is 4.98 Å². The number of hydrogen-bond acceptors (Lipinski definition) is 8. The molecule has 2 unspecified atom stereocenters. The number of thioether (sulfide) groups is 1. The zero-order valence-corrected chi connectivity index (χ0v) is 22.9. The van der Waals surface area contributed by atoms with Gasteiger partial charge in [0.05, 0.1) is 23.6 Å². The predicted octanol–water partition coefficient (Wildman–Crippen LogP) is -1.67. The van der Waals surface area contributed by atoms with E-state index in [9.17, 15) is 19.5 Å². The molecule has 11 heteroatoms. The monoisotopic (exact) mass is 500 g/mol. The number of carbonyl (C=O) groups is 3. The fourth-order valence-electron chi connectivity index (χ4n) is 6.49. The van der Waals surface area contributed by atoms with Gasteiger partial charge in [0.25, 0.3) is 0 Å². The summed E-state index contributed by atoms with van der Waals surface area (Å²) in [5.41, 5.74) is 6.53. The molecule has 0 aromatic carbocycles. The third-order valence-electron chi connectivity index (χ3n) is 7.95. The second kappa shape index (κ2) is 9.33. The minimum Gasteiger partial charge on any atom is -0.548 e. The number of aromatic nitrogens is 1. The Balaban J connectivity index is 0.00000259. The summed E-state index contributed by atoms with van der Waals surface area (Å²) in [6, 6.07) is -1.72. The Morgan fingerprint density at radius 2 is 2.09 bits per heavy atom. The molecule has 3 heterocycles. The van der Waals surface area contributed by atoms with E-state index in [4.69, 9.17) is 5.73 Å². The first-order valence-electron chi connectivity index (χ1n) is 11.4. The Bertz CT molecular complexity index is 957. The summed E-state index contributed by atoms with van der Waals surface area (Å²) < 4.78 is -0.678. The van der Waals surface area contributed by atoms with Crippen molar-refractivity contribution in [1.29, 1.82) is 0 Å². The van der Waals surface area contributed by atoms with Crippen molar-refractivity contribution in [2.45, 2.75) is 80.5 Å². The number of nitrogen functional groups attached to an aromatic ring is 1. The van der Waals surface area contributed by atoms with Crippen LogP contribution in [0.1, 0.15) is 64.0 Å². The second-order valence-corrected chi connectivity index (χ2v) is 12.8. The fourth-order valence-corrected chi connectivity index (χ4v) is 8.72. The maximum absolute atomic E-state index is 13.5. The maximum atomic E-state index is 13.5. The topological polar surface area (TPSA) is 128 Å². The van der Waals surface area contributed by atoms with E-state index in [1.807, 2.05) is 5.38 Å². The Morgan fingerprint density at radius 1 is 1.33 bits per heavy atom. The van der Waals surface area contributed by atoms with Crippen molar-refractivity contribution in [1.82, 2.24) is 15.2 Å². The first-order chi connectivity index (χ1) is 15.2. The van der Waals surface area contributed by atoms with Gasteiger partial charge >= 0.3 is 29.6 Å². The quantitative estimate of drug-likeness (QED) is 0.353. The van der Waals surface area contributed by atoms with Crippen LogP contribution in [0.2, 0.25) is 0 Å². The van der Waals surface area contributed by atoms with Gasteiger partial charge in [-0.2, -0.15) is 0 Å². The molecular formula is C22H29N4NaO4S2. The van der Waals surface area contributed by atoms with Gasteiger partial charge in [0.2, 0.25) is 11.8 Å². The molecule has 174 valence electrons. The van der Waals surface area contributed by atoms with Crippen molar-refractivity contribution in [3.63, 3.8) is 0 Å². The van der Waals surface area contributed by atoms with Crippen molar-refractivity contribution >= 4 is 46.0 Å². The minimum atomic E-state index is -1.26. The fraction of sp³-hybridized carbons (Fsp3) is 0.727. The first-order valence-corrected chi connectivity index (χ1v) is 13.2. The van der Waals surface area contributed by atoms with Crippen LogP contribution >= 0.6 is 23.1 Å². The van der Waals surface area contributed by atoms with Crippen LogP contribution in [0.5, 0.6) is 0 Å². The molecule has 1 aromatic rings. The predicted molar refractivity (Wildman–Crippen MR) is 120 cm³/mol. The van der Waals surface area contributed by atoms with Gasteiger partial charge in [-0.05, 0) is 57.3 Å². The van der Waals surface area contributed by atoms with Crippen LogP contribution in [-0.4, -0.2) is 49.9 Å². The molecule has 2 amide bonds. The van der Waals surface area contributed by atoms with Crippen LogP contribution in [0.3, 0.4) is 0 Å². The zero-order valence-electron chi connectivity index (χ0n) is 19.3. The first kappa shape index (κ1) is 25.3. The number of β-lactam (4-membered cyclic amide) rings is 1. The molecule has 3 N–H and O–H groups in total. The number of carbonyl (C=O) groups excluding carboxylic acids is 3. The van der Waals surface area contributed by atoms with E-state index in [1.165, 1.54) is 53.7 Å². The van der Waals surface area contributed by atoms with Crippen molar-refractivity contribution in [2.75, 3.05) is 5.73 Å². The number of carboxylic acid groups (broad SMARTS) is 1. The third kappa shape index (κ3) is 4.35. The molecule has 4 fully saturated rings. The van der Waals surface area contributed by atoms with Crippen LogP contribution < -0.4 is 45.7 Å². The molecule has 0 bridgehead atoms. The van der Waals surface area contributed by atoms with Crippen molar-refractivity contribution in [3.8, 4) is 0 Å². The Labute approximate surface area is 224 Å². The van der Waals surface area contributed by atoms with E-state index in [0.29, 0.717) is 29.1 Å². The molecule has 1 aromatic heterocycles. The molecule has 2 aliphatic carbocycles. The van der Waals surface area contributed by atoms with Gasteiger partial charge in [-0.1, -0.05) is 12.8 Å². The van der Waals surface area contributed by atoms with E-state index in [-0.39, 0.29) is 41.4 Å². The zero-order chi connectivity index (χ0) is 22.8. The number of amides is 2. The Kier molecular flexibility index (Phi) is 7.15. The average molecular weight is 501 g/mol. The number of nitrogens with zero attached hydrogens (tertiary/aromatic N) is 2. The van der Waals surface area contributed by atoms with Crippen LogP contribution in [0, 0.1) is 17.8 Å². The molecule has 33 heavy (non-hydrogen) atoms. The van der Waals surface area contributed by atoms with Crippen molar-refractivity contribution in [2.24, 2.45) is 17.8 Å². The van der Waals surface area contributed by atoms with Gasteiger partial charge in [0, 0.05) is 10.1 Å². The van der Waals surface area contributed by atoms with Crippen molar-refractivity contribution < 1.29 is 49.0 Å². The molecule has 2 saturated carbocycles. The summed E-state index contributed by atoms with van der Waals surface area (Å²) in [5.74, 6) is -0.342. The second-order valence-electron chi connectivity index (χ2n) is 10.2. The Hall–Kier alpha value is -0.810. The minimum absolute atomic E-state index is 0. The summed E-state index contributed by atoms with van der Waals surface area (Å²) in [4.78, 5) is 43.7. The number of anilines is 1. The van der Waals surface area contributed by atoms with Gasteiger partial charge in [0.1, 0.15) is 11.4 Å². The molecule has 0 radical (unpaired) electrons. The summed E-state index contributed by atoms with van der Waals surface area (Å²) in [6.07, 6.45) is 6.88. The number of fused-ring (bicyclic) bond motifs is 2. The number of nitrogens with one attached hydrogen (secondary N) is 1. The van der Waals surface area contributed by atoms with Gasteiger partial charge in [-0.3, -0.25) is 9.59 Å². The molecular weight excluding hydrogens is 471 g/mol. The maximum Gasteiger partial charge on any atom is 1.00 e. The number of thiazole rings is 1. The van der Waals surface area contributed by atoms with E-state index >= 15 is 0 Å². The van der Waals surface area contributed by atoms with Crippen molar-refractivity contribution in [3.05, 3.63) is 11.1 Å². The van der Waals surface area contributed by atoms with Crippen LogP contribution in [-0.2, 0) is 14.4 Å². The largest absolute Gasteiger partial charge is 1.00 e. The van der Waals surface area contributed by atoms with Gasteiger partial charge in [-0.15, -0.1) is 23.1 Å². The van der Waals surface area contributed by atoms with Gasteiger partial charge in [0.15, 0.2) is 5.13 Å². The summed E-state index contributed by atoms with van der Waals surface area (Å²) in [7, 11) is 0. The molecule has 2 saturated heterocycles. The van der Waals surface area contributed by atoms with E-state index in [2.05, 4.69) is 10.3 Å². The smallest absolute Gasteiger partial charge is 0.548 e. The number of carboxylic acids is 1. The van der Waals surface area contributed by atoms with E-state index in [0.717, 1.165) is 12.3 Å². The number of nitrogens with two attached hydrogens (primary N) is 1. The SMILES string of the molecule is CC1(C)S[C@@H]2[C@@H](NC(=O)C(CC3CC[C@H]4CCC[C@@H]34)c3csc(N)n3)C(=O)N2[C@H]1C(=O)[O-].[Na+]. The molecule has 4 aliphatic rings. The molecule has 7 atom stereocenters. The molecule has 5 rings (SSSR count). The van der Waals surface area contributed by atoms with Gasteiger partial charge < -0.3 is 25.9 Å². The molecule has 2 aliphatic heterocycles. The summed E-state index contributed by atoms with van der Waals surface area (Å²) >= 11 is 2.72. The third-order valence-corrected chi connectivity index (χ3v) is 10.2. The molecule has 0 spiro atoms. The Morgan fingerprint density at radius 3 is 2.76 bits per heavy atom. The summed E-state index contributed by atoms with van der Waals surface area (Å²) in [6.45, 7) is 3.59. The number of hydrogen-bond donors (Lipinski definition) is 2. The summed E-state index contributed by atoms with van der Waals surface area (Å²) in [5, 5.41) is 16.5. The van der Waals surface area contributed by atoms with E-state index in [1.54, 1.807) is 13.8 Å². The number of rotatable bonds is 6. The van der Waals surface area contributed by atoms with Crippen LogP contribution in [0.25, 0.3) is 0 Å². The standard InChI is InChI=1S/C22H30N4O4S2.Na/c1-22(2)16(20(29)30)26-18(28)15(19(26)32-22)25-17(27)13(14-9-31-21(23)24-14)8-11-7-6-10-4-3-5-12(10)11;/h9-13,15-16,19H,3-8H2,1-2H3,(H2,23,24)(H,25,27)(H,29,30);/q;+1/p-1/t10-,11?,12-,13?,15+,16+,19-;/m1./s1. The van der Waals surface area contributed by atoms with E-state index < -0.39 is 34.1 Å². The van der Waals surface area contributed by atoms with Crippen LogP contribution in [0.4, 0.5) is 5.13 Å². The number of aliphatic carboxylic acids is 1. The average Bonchev–Trinajstić information content (AvgIpc) is 3.47. The van der Waals surface area contributed by atoms with Crippen LogP contribution in [0.15, 0.2) is 5.38 Å². The molecule has 8 nitrogen and oxygen atoms in total.